The Balaban J connectivity index is 1.93. The van der Waals surface area contributed by atoms with Gasteiger partial charge in [0.15, 0.2) is 0 Å². The summed E-state index contributed by atoms with van der Waals surface area (Å²) >= 11 is 0. The SMILES string of the molecule is COC(=O)c1ccc(/C=C/c2cn(C)c3ncnc(N)c23)cc1. The lowest BCUT2D eigenvalue weighted by Crippen LogP contribution is -2.00. The summed E-state index contributed by atoms with van der Waals surface area (Å²) in [7, 11) is 3.28. The number of carbonyl (C=O) groups excluding carboxylic acids is 1. The summed E-state index contributed by atoms with van der Waals surface area (Å²) in [6.45, 7) is 0. The maximum absolute atomic E-state index is 11.4. The van der Waals surface area contributed by atoms with Gasteiger partial charge in [-0.3, -0.25) is 0 Å². The van der Waals surface area contributed by atoms with Crippen LogP contribution in [-0.2, 0) is 11.8 Å². The Morgan fingerprint density at radius 1 is 1.22 bits per heavy atom. The minimum Gasteiger partial charge on any atom is -0.465 e. The molecule has 0 unspecified atom stereocenters. The van der Waals surface area contributed by atoms with Gasteiger partial charge in [0.2, 0.25) is 0 Å². The molecule has 2 heterocycles. The second-order valence-electron chi connectivity index (χ2n) is 5.10. The Morgan fingerprint density at radius 2 is 1.96 bits per heavy atom. The molecule has 6 nitrogen and oxygen atoms in total. The number of rotatable bonds is 3. The fraction of sp³-hybridized carbons (Fsp3) is 0.118. The summed E-state index contributed by atoms with van der Waals surface area (Å²) in [5, 5.41) is 0.831. The number of anilines is 1. The van der Waals surface area contributed by atoms with E-state index in [-0.39, 0.29) is 5.97 Å². The van der Waals surface area contributed by atoms with Crippen molar-refractivity contribution in [3.8, 4) is 0 Å². The third kappa shape index (κ3) is 2.78. The zero-order valence-corrected chi connectivity index (χ0v) is 12.9. The van der Waals surface area contributed by atoms with Crippen molar-refractivity contribution < 1.29 is 9.53 Å². The highest BCUT2D eigenvalue weighted by atomic mass is 16.5. The van der Waals surface area contributed by atoms with Crippen molar-refractivity contribution in [1.29, 1.82) is 0 Å². The summed E-state index contributed by atoms with van der Waals surface area (Å²) in [5.41, 5.74) is 9.17. The Bertz CT molecular complexity index is 895. The monoisotopic (exact) mass is 308 g/mol. The largest absolute Gasteiger partial charge is 0.465 e. The maximum Gasteiger partial charge on any atom is 0.337 e. The van der Waals surface area contributed by atoms with E-state index in [0.29, 0.717) is 11.4 Å². The molecule has 0 aliphatic rings. The smallest absolute Gasteiger partial charge is 0.337 e. The maximum atomic E-state index is 11.4. The van der Waals surface area contributed by atoms with E-state index in [4.69, 9.17) is 5.73 Å². The molecule has 23 heavy (non-hydrogen) atoms. The van der Waals surface area contributed by atoms with Gasteiger partial charge in [-0.15, -0.1) is 0 Å². The first-order valence-corrected chi connectivity index (χ1v) is 7.02. The fourth-order valence-electron chi connectivity index (χ4n) is 2.43. The molecule has 2 N–H and O–H groups in total. The number of hydrogen-bond donors (Lipinski definition) is 1. The summed E-state index contributed by atoms with van der Waals surface area (Å²) in [6.07, 6.45) is 7.31. The van der Waals surface area contributed by atoms with Gasteiger partial charge in [-0.2, -0.15) is 0 Å². The van der Waals surface area contributed by atoms with E-state index in [0.717, 1.165) is 22.2 Å². The molecule has 0 bridgehead atoms. The van der Waals surface area contributed by atoms with Gasteiger partial charge in [-0.1, -0.05) is 24.3 Å². The lowest BCUT2D eigenvalue weighted by Gasteiger charge is -1.99. The number of ether oxygens (including phenoxy) is 1. The first-order valence-electron chi connectivity index (χ1n) is 7.02. The van der Waals surface area contributed by atoms with Crippen LogP contribution >= 0.6 is 0 Å². The van der Waals surface area contributed by atoms with Crippen LogP contribution in [0.15, 0.2) is 36.8 Å². The number of carbonyl (C=O) groups is 1. The Morgan fingerprint density at radius 3 is 2.65 bits per heavy atom. The second kappa shape index (κ2) is 5.92. The van der Waals surface area contributed by atoms with Gasteiger partial charge in [-0.05, 0) is 17.7 Å². The van der Waals surface area contributed by atoms with E-state index in [9.17, 15) is 4.79 Å². The Hall–Kier alpha value is -3.15. The molecule has 6 heteroatoms. The highest BCUT2D eigenvalue weighted by Gasteiger charge is 2.09. The van der Waals surface area contributed by atoms with Crippen molar-refractivity contribution in [2.24, 2.45) is 7.05 Å². The lowest BCUT2D eigenvalue weighted by atomic mass is 10.1. The fourth-order valence-corrected chi connectivity index (χ4v) is 2.43. The van der Waals surface area contributed by atoms with E-state index < -0.39 is 0 Å². The summed E-state index contributed by atoms with van der Waals surface area (Å²) in [4.78, 5) is 19.7. The standard InChI is InChI=1S/C17H16N4O2/c1-21-9-13(14-15(18)19-10-20-16(14)21)8-5-11-3-6-12(7-4-11)17(22)23-2/h3-10H,1-2H3,(H2,18,19,20)/b8-5+. The van der Waals surface area contributed by atoms with Crippen LogP contribution in [-0.4, -0.2) is 27.6 Å². The molecule has 2 aromatic heterocycles. The summed E-state index contributed by atoms with van der Waals surface area (Å²) in [5.74, 6) is 0.107. The molecule has 0 atom stereocenters. The molecule has 3 rings (SSSR count). The molecule has 0 saturated heterocycles. The lowest BCUT2D eigenvalue weighted by molar-refractivity contribution is 0.0600. The number of methoxy groups -OCH3 is 1. The van der Waals surface area contributed by atoms with Crippen LogP contribution in [0, 0.1) is 0 Å². The molecule has 116 valence electrons. The first-order chi connectivity index (χ1) is 11.1. The minimum atomic E-state index is -0.348. The van der Waals surface area contributed by atoms with Gasteiger partial charge in [0.1, 0.15) is 17.8 Å². The number of nitrogen functional groups attached to an aromatic ring is 1. The molecule has 0 aliphatic heterocycles. The van der Waals surface area contributed by atoms with E-state index in [1.54, 1.807) is 12.1 Å². The summed E-state index contributed by atoms with van der Waals surface area (Å²) < 4.78 is 6.59. The van der Waals surface area contributed by atoms with E-state index >= 15 is 0 Å². The average molecular weight is 308 g/mol. The quantitative estimate of drug-likeness (QED) is 0.752. The van der Waals surface area contributed by atoms with Gasteiger partial charge in [0.25, 0.3) is 0 Å². The zero-order chi connectivity index (χ0) is 16.4. The molecule has 0 aliphatic carbocycles. The molecule has 0 radical (unpaired) electrons. The molecule has 3 aromatic rings. The third-order valence-electron chi connectivity index (χ3n) is 3.60. The van der Waals surface area contributed by atoms with Crippen molar-refractivity contribution in [2.75, 3.05) is 12.8 Å². The zero-order valence-electron chi connectivity index (χ0n) is 12.9. The van der Waals surface area contributed by atoms with Gasteiger partial charge in [0, 0.05) is 18.8 Å². The van der Waals surface area contributed by atoms with Crippen LogP contribution in [0.3, 0.4) is 0 Å². The van der Waals surface area contributed by atoms with Crippen LogP contribution in [0.4, 0.5) is 5.82 Å². The number of benzene rings is 1. The van der Waals surface area contributed by atoms with Crippen LogP contribution in [0.2, 0.25) is 0 Å². The molecule has 0 fully saturated rings. The number of fused-ring (bicyclic) bond motifs is 1. The molecule has 1 aromatic carbocycles. The van der Waals surface area contributed by atoms with Crippen molar-refractivity contribution in [1.82, 2.24) is 14.5 Å². The van der Waals surface area contributed by atoms with Gasteiger partial charge in [-0.25, -0.2) is 14.8 Å². The van der Waals surface area contributed by atoms with Gasteiger partial charge >= 0.3 is 5.97 Å². The molecule has 0 spiro atoms. The van der Waals surface area contributed by atoms with Crippen molar-refractivity contribution in [3.63, 3.8) is 0 Å². The predicted octanol–water partition coefficient (Wildman–Crippen LogP) is 2.51. The number of aromatic nitrogens is 3. The molecule has 0 saturated carbocycles. The van der Waals surface area contributed by atoms with Crippen LogP contribution in [0.1, 0.15) is 21.5 Å². The topological polar surface area (TPSA) is 83.0 Å². The number of esters is 1. The molecular weight excluding hydrogens is 292 g/mol. The number of hydrogen-bond acceptors (Lipinski definition) is 5. The highest BCUT2D eigenvalue weighted by Crippen LogP contribution is 2.24. The predicted molar refractivity (Wildman–Crippen MR) is 89.6 cm³/mol. The van der Waals surface area contributed by atoms with Crippen LogP contribution < -0.4 is 5.73 Å². The number of nitrogens with two attached hydrogens (primary N) is 1. The van der Waals surface area contributed by atoms with E-state index in [1.807, 2.05) is 42.1 Å². The van der Waals surface area contributed by atoms with Crippen molar-refractivity contribution >= 4 is 35.0 Å². The van der Waals surface area contributed by atoms with Gasteiger partial charge < -0.3 is 15.0 Å². The minimum absolute atomic E-state index is 0.348. The van der Waals surface area contributed by atoms with E-state index in [2.05, 4.69) is 14.7 Å². The van der Waals surface area contributed by atoms with Crippen molar-refractivity contribution in [2.45, 2.75) is 0 Å². The third-order valence-corrected chi connectivity index (χ3v) is 3.60. The number of aryl methyl sites for hydroxylation is 1. The summed E-state index contributed by atoms with van der Waals surface area (Å²) in [6, 6.07) is 7.17. The average Bonchev–Trinajstić information content (AvgIpc) is 2.90. The number of nitrogens with zero attached hydrogens (tertiary/aromatic N) is 3. The second-order valence-corrected chi connectivity index (χ2v) is 5.10. The Kier molecular flexibility index (Phi) is 3.80. The van der Waals surface area contributed by atoms with E-state index in [1.165, 1.54) is 13.4 Å². The molecular formula is C17H16N4O2. The normalized spacial score (nSPS) is 11.2. The van der Waals surface area contributed by atoms with Crippen molar-refractivity contribution in [3.05, 3.63) is 53.5 Å². The first kappa shape index (κ1) is 14.8. The van der Waals surface area contributed by atoms with Crippen LogP contribution in [0.5, 0.6) is 0 Å². The highest BCUT2D eigenvalue weighted by molar-refractivity contribution is 5.96. The Labute approximate surface area is 133 Å². The van der Waals surface area contributed by atoms with Crippen LogP contribution in [0.25, 0.3) is 23.2 Å². The van der Waals surface area contributed by atoms with Gasteiger partial charge in [0.05, 0.1) is 18.1 Å². The molecule has 0 amide bonds.